The Bertz CT molecular complexity index is 523. The van der Waals surface area contributed by atoms with Gasteiger partial charge in [0.15, 0.2) is 0 Å². The molecule has 1 N–H and O–H groups in total. The smallest absolute Gasteiger partial charge is 0.307 e. The maximum absolute atomic E-state index is 10.6. The lowest BCUT2D eigenvalue weighted by atomic mass is 10.0. The van der Waals surface area contributed by atoms with Crippen molar-refractivity contribution in [1.82, 2.24) is 0 Å². The fourth-order valence-electron chi connectivity index (χ4n) is 1.84. The molecule has 1 aromatic heterocycles. The second-order valence-corrected chi connectivity index (χ2v) is 3.79. The van der Waals surface area contributed by atoms with E-state index in [-0.39, 0.29) is 6.42 Å². The van der Waals surface area contributed by atoms with Gasteiger partial charge >= 0.3 is 5.97 Å². The summed E-state index contributed by atoms with van der Waals surface area (Å²) in [5, 5.41) is 9.65. The third kappa shape index (κ3) is 1.73. The second-order valence-electron chi connectivity index (χ2n) is 3.79. The van der Waals surface area contributed by atoms with Crippen molar-refractivity contribution in [2.75, 3.05) is 0 Å². The summed E-state index contributed by atoms with van der Waals surface area (Å²) >= 11 is 0. The molecule has 0 saturated heterocycles. The van der Waals surface area contributed by atoms with Crippen LogP contribution in [0, 0.1) is 13.8 Å². The summed E-state index contributed by atoms with van der Waals surface area (Å²) in [7, 11) is 0. The van der Waals surface area contributed by atoms with Crippen LogP contribution in [0.1, 0.15) is 16.7 Å². The molecule has 0 saturated carbocycles. The molecule has 15 heavy (non-hydrogen) atoms. The molecule has 3 nitrogen and oxygen atoms in total. The van der Waals surface area contributed by atoms with Crippen LogP contribution in [0.25, 0.3) is 11.0 Å². The van der Waals surface area contributed by atoms with Crippen LogP contribution in [-0.2, 0) is 11.2 Å². The number of carbonyl (C=O) groups is 1. The number of hydrogen-bond acceptors (Lipinski definition) is 2. The van der Waals surface area contributed by atoms with E-state index in [4.69, 9.17) is 9.52 Å². The molecule has 0 radical (unpaired) electrons. The van der Waals surface area contributed by atoms with Gasteiger partial charge in [-0.25, -0.2) is 0 Å². The van der Waals surface area contributed by atoms with E-state index in [1.807, 2.05) is 26.0 Å². The van der Waals surface area contributed by atoms with Crippen LogP contribution < -0.4 is 0 Å². The van der Waals surface area contributed by atoms with E-state index in [9.17, 15) is 4.79 Å². The SMILES string of the molecule is Cc1cc(C)c2occ(CC(=O)O)c2c1. The molecule has 1 heterocycles. The number of carboxylic acid groups (broad SMARTS) is 1. The zero-order chi connectivity index (χ0) is 11.0. The molecule has 2 aromatic rings. The first-order valence-corrected chi connectivity index (χ1v) is 4.77. The molecule has 0 amide bonds. The minimum Gasteiger partial charge on any atom is -0.481 e. The average Bonchev–Trinajstić information content (AvgIpc) is 2.48. The van der Waals surface area contributed by atoms with Crippen molar-refractivity contribution in [2.45, 2.75) is 20.3 Å². The zero-order valence-electron chi connectivity index (χ0n) is 8.70. The third-order valence-electron chi connectivity index (χ3n) is 2.43. The van der Waals surface area contributed by atoms with Crippen molar-refractivity contribution < 1.29 is 14.3 Å². The molecule has 78 valence electrons. The summed E-state index contributed by atoms with van der Waals surface area (Å²) in [6.45, 7) is 3.95. The standard InChI is InChI=1S/C12H12O3/c1-7-3-8(2)12-10(4-7)9(6-15-12)5-11(13)14/h3-4,6H,5H2,1-2H3,(H,13,14). The molecule has 3 heteroatoms. The predicted molar refractivity (Wildman–Crippen MR) is 57.0 cm³/mol. The van der Waals surface area contributed by atoms with Crippen LogP contribution in [0.15, 0.2) is 22.8 Å². The maximum atomic E-state index is 10.6. The summed E-state index contributed by atoms with van der Waals surface area (Å²) < 4.78 is 5.37. The number of aryl methyl sites for hydroxylation is 2. The fraction of sp³-hybridized carbons (Fsp3) is 0.250. The number of rotatable bonds is 2. The van der Waals surface area contributed by atoms with E-state index >= 15 is 0 Å². The van der Waals surface area contributed by atoms with E-state index < -0.39 is 5.97 Å². The monoisotopic (exact) mass is 204 g/mol. The number of fused-ring (bicyclic) bond motifs is 1. The van der Waals surface area contributed by atoms with Crippen molar-refractivity contribution in [1.29, 1.82) is 0 Å². The van der Waals surface area contributed by atoms with E-state index in [2.05, 4.69) is 0 Å². The normalized spacial score (nSPS) is 10.8. The number of benzene rings is 1. The Kier molecular flexibility index (Phi) is 2.23. The highest BCUT2D eigenvalue weighted by atomic mass is 16.4. The molecule has 2 rings (SSSR count). The van der Waals surface area contributed by atoms with Gasteiger partial charge < -0.3 is 9.52 Å². The van der Waals surface area contributed by atoms with Crippen molar-refractivity contribution in [3.8, 4) is 0 Å². The number of hydrogen-bond donors (Lipinski definition) is 1. The maximum Gasteiger partial charge on any atom is 0.307 e. The highest BCUT2D eigenvalue weighted by Crippen LogP contribution is 2.26. The van der Waals surface area contributed by atoms with E-state index in [0.717, 1.165) is 27.7 Å². The van der Waals surface area contributed by atoms with Crippen LogP contribution in [0.4, 0.5) is 0 Å². The van der Waals surface area contributed by atoms with Crippen LogP contribution in [0.3, 0.4) is 0 Å². The van der Waals surface area contributed by atoms with Crippen LogP contribution in [0.5, 0.6) is 0 Å². The highest BCUT2D eigenvalue weighted by molar-refractivity contribution is 5.87. The number of carboxylic acids is 1. The van der Waals surface area contributed by atoms with Crippen LogP contribution in [0.2, 0.25) is 0 Å². The number of furan rings is 1. The third-order valence-corrected chi connectivity index (χ3v) is 2.43. The lowest BCUT2D eigenvalue weighted by molar-refractivity contribution is -0.136. The molecule has 0 fully saturated rings. The van der Waals surface area contributed by atoms with Crippen molar-refractivity contribution in [3.05, 3.63) is 35.1 Å². The lowest BCUT2D eigenvalue weighted by Crippen LogP contribution is -1.98. The second kappa shape index (κ2) is 3.42. The fourth-order valence-corrected chi connectivity index (χ4v) is 1.84. The molecule has 0 spiro atoms. The first kappa shape index (κ1) is 9.77. The van der Waals surface area contributed by atoms with Gasteiger partial charge in [0, 0.05) is 10.9 Å². The number of aliphatic carboxylic acids is 1. The van der Waals surface area contributed by atoms with Gasteiger partial charge in [-0.2, -0.15) is 0 Å². The van der Waals surface area contributed by atoms with Gasteiger partial charge in [-0.05, 0) is 31.0 Å². The summed E-state index contributed by atoms with van der Waals surface area (Å²) in [6.07, 6.45) is 1.54. The van der Waals surface area contributed by atoms with Gasteiger partial charge in [-0.3, -0.25) is 4.79 Å². The average molecular weight is 204 g/mol. The van der Waals surface area contributed by atoms with Gasteiger partial charge in [0.25, 0.3) is 0 Å². The minimum absolute atomic E-state index is 0.00981. The molecule has 0 aliphatic rings. The first-order valence-electron chi connectivity index (χ1n) is 4.77. The molecule has 0 bridgehead atoms. The summed E-state index contributed by atoms with van der Waals surface area (Å²) in [6, 6.07) is 3.99. The van der Waals surface area contributed by atoms with Crippen LogP contribution >= 0.6 is 0 Å². The Morgan fingerprint density at radius 2 is 2.13 bits per heavy atom. The molecular weight excluding hydrogens is 192 g/mol. The molecule has 0 unspecified atom stereocenters. The Morgan fingerprint density at radius 1 is 1.40 bits per heavy atom. The van der Waals surface area contributed by atoms with E-state index in [1.165, 1.54) is 6.26 Å². The van der Waals surface area contributed by atoms with Gasteiger partial charge in [0.05, 0.1) is 12.7 Å². The first-order chi connectivity index (χ1) is 7.08. The summed E-state index contributed by atoms with van der Waals surface area (Å²) in [4.78, 5) is 10.6. The van der Waals surface area contributed by atoms with Gasteiger partial charge in [-0.15, -0.1) is 0 Å². The van der Waals surface area contributed by atoms with Crippen molar-refractivity contribution in [2.24, 2.45) is 0 Å². The van der Waals surface area contributed by atoms with E-state index in [0.29, 0.717) is 0 Å². The molecule has 0 aliphatic heterocycles. The highest BCUT2D eigenvalue weighted by Gasteiger charge is 2.11. The molecule has 0 aliphatic carbocycles. The van der Waals surface area contributed by atoms with Crippen LogP contribution in [-0.4, -0.2) is 11.1 Å². The molecule has 0 atom stereocenters. The van der Waals surface area contributed by atoms with Crippen molar-refractivity contribution in [3.63, 3.8) is 0 Å². The molecular formula is C12H12O3. The Hall–Kier alpha value is -1.77. The van der Waals surface area contributed by atoms with E-state index in [1.54, 1.807) is 0 Å². The minimum atomic E-state index is -0.836. The van der Waals surface area contributed by atoms with Gasteiger partial charge in [0.1, 0.15) is 5.58 Å². The zero-order valence-corrected chi connectivity index (χ0v) is 8.70. The summed E-state index contributed by atoms with van der Waals surface area (Å²) in [5.74, 6) is -0.836. The quantitative estimate of drug-likeness (QED) is 0.818. The Labute approximate surface area is 87.3 Å². The van der Waals surface area contributed by atoms with Crippen molar-refractivity contribution >= 4 is 16.9 Å². The topological polar surface area (TPSA) is 50.4 Å². The van der Waals surface area contributed by atoms with Gasteiger partial charge in [0.2, 0.25) is 0 Å². The van der Waals surface area contributed by atoms with Gasteiger partial charge in [-0.1, -0.05) is 6.07 Å². The molecule has 1 aromatic carbocycles. The summed E-state index contributed by atoms with van der Waals surface area (Å²) in [5.41, 5.74) is 3.69. The largest absolute Gasteiger partial charge is 0.481 e. The predicted octanol–water partition coefficient (Wildman–Crippen LogP) is 2.68. The Balaban J connectivity index is 2.63. The lowest BCUT2D eigenvalue weighted by Gasteiger charge is -1.98. The Morgan fingerprint density at radius 3 is 2.80 bits per heavy atom.